The fraction of sp³-hybridized carbons (Fsp3) is 0.200. The molecule has 2 heterocycles. The molecule has 0 bridgehead atoms. The van der Waals surface area contributed by atoms with Crippen molar-refractivity contribution in [3.63, 3.8) is 0 Å². The molecule has 0 aliphatic rings. The topological polar surface area (TPSA) is 106 Å². The van der Waals surface area contributed by atoms with E-state index in [9.17, 15) is 31.9 Å². The molecular formula is C15H9ClF5N5O3. The minimum atomic E-state index is -5.97. The van der Waals surface area contributed by atoms with Crippen molar-refractivity contribution >= 4 is 17.6 Å². The number of carboxylic acid groups (broad SMARTS) is 1. The fourth-order valence-corrected chi connectivity index (χ4v) is 2.65. The van der Waals surface area contributed by atoms with E-state index in [2.05, 4.69) is 15.4 Å². The van der Waals surface area contributed by atoms with Crippen LogP contribution in [0.4, 0.5) is 22.0 Å². The van der Waals surface area contributed by atoms with Crippen LogP contribution in [0.2, 0.25) is 5.02 Å². The molecule has 0 spiro atoms. The second-order valence-corrected chi connectivity index (χ2v) is 6.17. The highest BCUT2D eigenvalue weighted by Gasteiger charge is 2.62. The first-order valence-corrected chi connectivity index (χ1v) is 7.89. The van der Waals surface area contributed by atoms with Gasteiger partial charge in [-0.2, -0.15) is 31.7 Å². The predicted octanol–water partition coefficient (Wildman–Crippen LogP) is 3.38. The maximum absolute atomic E-state index is 13.6. The van der Waals surface area contributed by atoms with Crippen molar-refractivity contribution < 1.29 is 37.0 Å². The Bertz CT molecular complexity index is 1110. The highest BCUT2D eigenvalue weighted by atomic mass is 35.5. The average molecular weight is 438 g/mol. The van der Waals surface area contributed by atoms with Gasteiger partial charge in [0.15, 0.2) is 17.3 Å². The maximum atomic E-state index is 13.6. The number of aryl methyl sites for hydroxylation is 1. The molecule has 0 radical (unpaired) electrons. The fourth-order valence-electron chi connectivity index (χ4n) is 2.45. The van der Waals surface area contributed by atoms with Gasteiger partial charge in [-0.1, -0.05) is 22.9 Å². The van der Waals surface area contributed by atoms with E-state index in [1.54, 1.807) is 0 Å². The summed E-state index contributed by atoms with van der Waals surface area (Å²) in [6.07, 6.45) is -4.89. The van der Waals surface area contributed by atoms with Crippen LogP contribution in [-0.4, -0.2) is 47.1 Å². The van der Waals surface area contributed by atoms with Crippen molar-refractivity contribution in [3.8, 4) is 22.8 Å². The third-order valence-corrected chi connectivity index (χ3v) is 4.18. The highest BCUT2D eigenvalue weighted by molar-refractivity contribution is 6.33. The average Bonchev–Trinajstić information content (AvgIpc) is 3.18. The Kier molecular flexibility index (Phi) is 4.73. The van der Waals surface area contributed by atoms with Crippen LogP contribution >= 0.6 is 11.6 Å². The van der Waals surface area contributed by atoms with Crippen molar-refractivity contribution in [3.05, 3.63) is 40.7 Å². The van der Waals surface area contributed by atoms with Gasteiger partial charge in [0.1, 0.15) is 5.69 Å². The molecule has 8 nitrogen and oxygen atoms in total. The van der Waals surface area contributed by atoms with Crippen LogP contribution in [0.5, 0.6) is 5.75 Å². The summed E-state index contributed by atoms with van der Waals surface area (Å²) in [5, 5.41) is 29.4. The maximum Gasteiger partial charge on any atom is 0.459 e. The van der Waals surface area contributed by atoms with Gasteiger partial charge in [0.25, 0.3) is 0 Å². The number of benzene rings is 1. The van der Waals surface area contributed by atoms with Crippen molar-refractivity contribution in [2.75, 3.05) is 0 Å². The van der Waals surface area contributed by atoms with Gasteiger partial charge in [-0.25, -0.2) is 9.48 Å². The highest BCUT2D eigenvalue weighted by Crippen LogP contribution is 2.47. The molecule has 154 valence electrons. The lowest BCUT2D eigenvalue weighted by molar-refractivity contribution is -0.291. The SMILES string of the molecule is Cn1nc(C(F)(F)C(F)(F)F)c(O)c1-n1cc(-c2ccc(Cl)c(C(=O)O)c2)nn1. The van der Waals surface area contributed by atoms with Gasteiger partial charge in [-0.3, -0.25) is 0 Å². The van der Waals surface area contributed by atoms with E-state index >= 15 is 0 Å². The Balaban J connectivity index is 2.07. The van der Waals surface area contributed by atoms with Crippen molar-refractivity contribution in [2.45, 2.75) is 12.1 Å². The van der Waals surface area contributed by atoms with Gasteiger partial charge in [-0.15, -0.1) is 5.10 Å². The Morgan fingerprint density at radius 1 is 1.21 bits per heavy atom. The Morgan fingerprint density at radius 3 is 2.45 bits per heavy atom. The van der Waals surface area contributed by atoms with E-state index in [0.717, 1.165) is 17.9 Å². The van der Waals surface area contributed by atoms with Crippen LogP contribution in [-0.2, 0) is 13.0 Å². The molecule has 0 amide bonds. The zero-order valence-electron chi connectivity index (χ0n) is 14.1. The summed E-state index contributed by atoms with van der Waals surface area (Å²) >= 11 is 5.77. The summed E-state index contributed by atoms with van der Waals surface area (Å²) in [6, 6.07) is 3.85. The number of carboxylic acids is 1. The first kappa shape index (κ1) is 20.5. The Labute approximate surface area is 162 Å². The van der Waals surface area contributed by atoms with E-state index < -0.39 is 35.3 Å². The first-order chi connectivity index (χ1) is 13.3. The van der Waals surface area contributed by atoms with Gasteiger partial charge < -0.3 is 10.2 Å². The van der Waals surface area contributed by atoms with E-state index in [1.165, 1.54) is 18.2 Å². The van der Waals surface area contributed by atoms with Crippen LogP contribution < -0.4 is 0 Å². The number of aromatic nitrogens is 5. The number of rotatable bonds is 4. The quantitative estimate of drug-likeness (QED) is 0.606. The molecule has 0 saturated carbocycles. The van der Waals surface area contributed by atoms with Crippen LogP contribution in [0.3, 0.4) is 0 Å². The zero-order valence-corrected chi connectivity index (χ0v) is 14.9. The molecule has 0 aliphatic heterocycles. The lowest BCUT2D eigenvalue weighted by Crippen LogP contribution is -2.34. The Morgan fingerprint density at radius 2 is 1.86 bits per heavy atom. The van der Waals surface area contributed by atoms with Crippen LogP contribution in [0.15, 0.2) is 24.4 Å². The molecule has 2 N–H and O–H groups in total. The smallest absolute Gasteiger partial charge is 0.459 e. The second kappa shape index (κ2) is 6.69. The van der Waals surface area contributed by atoms with Crippen LogP contribution in [0.25, 0.3) is 17.1 Å². The lowest BCUT2D eigenvalue weighted by Gasteiger charge is -2.17. The van der Waals surface area contributed by atoms with Crippen molar-refractivity contribution in [1.29, 1.82) is 0 Å². The van der Waals surface area contributed by atoms with E-state index in [-0.39, 0.29) is 21.8 Å². The molecule has 3 aromatic rings. The molecule has 29 heavy (non-hydrogen) atoms. The number of halogens is 6. The molecule has 0 saturated heterocycles. The number of alkyl halides is 5. The number of hydrogen-bond donors (Lipinski definition) is 2. The molecule has 0 fully saturated rings. The van der Waals surface area contributed by atoms with Gasteiger partial charge in [0.2, 0.25) is 0 Å². The van der Waals surface area contributed by atoms with E-state index in [1.807, 2.05) is 0 Å². The number of aromatic hydroxyl groups is 1. The summed E-state index contributed by atoms with van der Waals surface area (Å²) < 4.78 is 66.3. The van der Waals surface area contributed by atoms with Crippen molar-refractivity contribution in [1.82, 2.24) is 24.8 Å². The third kappa shape index (κ3) is 3.37. The number of hydrogen-bond acceptors (Lipinski definition) is 5. The molecule has 1 aromatic carbocycles. The number of carbonyl (C=O) groups is 1. The minimum absolute atomic E-state index is 0.0360. The molecule has 0 atom stereocenters. The molecule has 2 aromatic heterocycles. The second-order valence-electron chi connectivity index (χ2n) is 5.76. The molecule has 0 unspecified atom stereocenters. The van der Waals surface area contributed by atoms with E-state index in [0.29, 0.717) is 4.68 Å². The van der Waals surface area contributed by atoms with Gasteiger partial charge >= 0.3 is 18.1 Å². The normalized spacial score (nSPS) is 12.4. The third-order valence-electron chi connectivity index (χ3n) is 3.85. The largest absolute Gasteiger partial charge is 0.503 e. The summed E-state index contributed by atoms with van der Waals surface area (Å²) in [5.41, 5.74) is -1.87. The minimum Gasteiger partial charge on any atom is -0.503 e. The molecular weight excluding hydrogens is 429 g/mol. The van der Waals surface area contributed by atoms with Gasteiger partial charge in [0.05, 0.1) is 16.8 Å². The predicted molar refractivity (Wildman–Crippen MR) is 87.1 cm³/mol. The molecule has 0 aliphatic carbocycles. The zero-order chi connectivity index (χ0) is 21.7. The van der Waals surface area contributed by atoms with E-state index in [4.69, 9.17) is 16.7 Å². The monoisotopic (exact) mass is 437 g/mol. The Hall–Kier alpha value is -3.22. The van der Waals surface area contributed by atoms with Gasteiger partial charge in [-0.05, 0) is 12.1 Å². The van der Waals surface area contributed by atoms with Crippen molar-refractivity contribution in [2.24, 2.45) is 7.05 Å². The number of nitrogens with zero attached hydrogens (tertiary/aromatic N) is 5. The van der Waals surface area contributed by atoms with Crippen LogP contribution in [0.1, 0.15) is 16.1 Å². The summed E-state index contributed by atoms with van der Waals surface area (Å²) in [4.78, 5) is 11.2. The lowest BCUT2D eigenvalue weighted by atomic mass is 10.1. The van der Waals surface area contributed by atoms with Crippen LogP contribution in [0, 0.1) is 0 Å². The first-order valence-electron chi connectivity index (χ1n) is 7.51. The van der Waals surface area contributed by atoms with Gasteiger partial charge in [0, 0.05) is 12.6 Å². The number of aromatic carboxylic acids is 1. The molecule has 14 heteroatoms. The summed E-state index contributed by atoms with van der Waals surface area (Å²) in [6.45, 7) is 0. The standard InChI is InChI=1S/C15H9ClF5N5O3/c1-25-12(10(27)11(23-25)14(17,18)15(19,20)21)26-5-9(22-24-26)6-2-3-8(16)7(4-6)13(28)29/h2-5,27H,1H3,(H,28,29). The summed E-state index contributed by atoms with van der Waals surface area (Å²) in [5.74, 6) is -8.75. The summed E-state index contributed by atoms with van der Waals surface area (Å²) in [7, 11) is 1.02. The molecule has 3 rings (SSSR count).